The van der Waals surface area contributed by atoms with Crippen molar-refractivity contribution in [3.8, 4) is 0 Å². The van der Waals surface area contributed by atoms with Crippen LogP contribution in [0, 0.1) is 0 Å². The van der Waals surface area contributed by atoms with Crippen LogP contribution in [0.4, 0.5) is 0 Å². The number of thiazole rings is 1. The number of nitrogens with one attached hydrogen (secondary N) is 1. The number of carbonyl (C=O) groups is 1. The number of para-hydroxylation sites is 2. The smallest absolute Gasteiger partial charge is 0.271 e. The number of fused-ring (bicyclic) bond motifs is 1. The molecule has 6 nitrogen and oxygen atoms in total. The van der Waals surface area contributed by atoms with Gasteiger partial charge < -0.3 is 15.6 Å². The minimum Gasteiger partial charge on any atom is -0.341 e. The summed E-state index contributed by atoms with van der Waals surface area (Å²) in [5.41, 5.74) is 7.99. The third-order valence-corrected chi connectivity index (χ3v) is 4.93. The number of benzene rings is 1. The zero-order valence-corrected chi connectivity index (χ0v) is 18.0. The SMILES string of the molecule is CC(NC(=O)c1csc(CCN)n1)c1nc2ccccc2n1C(C)C.Cl.Cl. The van der Waals surface area contributed by atoms with E-state index in [4.69, 9.17) is 10.7 Å². The number of hydrogen-bond donors (Lipinski definition) is 2. The number of imidazole rings is 1. The van der Waals surface area contributed by atoms with E-state index in [0.717, 1.165) is 21.9 Å². The van der Waals surface area contributed by atoms with Gasteiger partial charge in [-0.05, 0) is 39.4 Å². The molecule has 0 saturated heterocycles. The average Bonchev–Trinajstić information content (AvgIpc) is 3.19. The lowest BCUT2D eigenvalue weighted by molar-refractivity contribution is 0.0933. The molecule has 3 aromatic rings. The van der Waals surface area contributed by atoms with Gasteiger partial charge in [0, 0.05) is 17.8 Å². The highest BCUT2D eigenvalue weighted by molar-refractivity contribution is 7.09. The van der Waals surface area contributed by atoms with E-state index >= 15 is 0 Å². The molecule has 0 aliphatic heterocycles. The molecule has 148 valence electrons. The highest BCUT2D eigenvalue weighted by atomic mass is 35.5. The molecule has 1 unspecified atom stereocenters. The molecule has 0 spiro atoms. The number of halogens is 2. The van der Waals surface area contributed by atoms with Crippen LogP contribution >= 0.6 is 36.2 Å². The van der Waals surface area contributed by atoms with Crippen molar-refractivity contribution in [3.05, 3.63) is 46.2 Å². The van der Waals surface area contributed by atoms with Crippen LogP contribution in [0.2, 0.25) is 0 Å². The van der Waals surface area contributed by atoms with E-state index in [9.17, 15) is 4.79 Å². The average molecular weight is 430 g/mol. The Morgan fingerprint density at radius 1 is 1.22 bits per heavy atom. The van der Waals surface area contributed by atoms with Crippen molar-refractivity contribution in [3.63, 3.8) is 0 Å². The van der Waals surface area contributed by atoms with Gasteiger partial charge in [0.2, 0.25) is 0 Å². The fourth-order valence-electron chi connectivity index (χ4n) is 2.90. The molecule has 0 bridgehead atoms. The van der Waals surface area contributed by atoms with Crippen LogP contribution in [0.15, 0.2) is 29.6 Å². The molecule has 3 rings (SSSR count). The Labute approximate surface area is 175 Å². The third-order valence-electron chi connectivity index (χ3n) is 4.02. The Morgan fingerprint density at radius 2 is 1.93 bits per heavy atom. The summed E-state index contributed by atoms with van der Waals surface area (Å²) in [6.07, 6.45) is 0.691. The number of carbonyl (C=O) groups excluding carboxylic acids is 1. The van der Waals surface area contributed by atoms with Crippen molar-refractivity contribution in [2.75, 3.05) is 6.54 Å². The fourth-order valence-corrected chi connectivity index (χ4v) is 3.69. The summed E-state index contributed by atoms with van der Waals surface area (Å²) >= 11 is 1.46. The predicted octanol–water partition coefficient (Wildman–Crippen LogP) is 3.91. The highest BCUT2D eigenvalue weighted by Crippen LogP contribution is 2.25. The topological polar surface area (TPSA) is 85.8 Å². The molecule has 2 aromatic heterocycles. The summed E-state index contributed by atoms with van der Waals surface area (Å²) in [7, 11) is 0. The molecule has 0 fully saturated rings. The van der Waals surface area contributed by atoms with E-state index in [-0.39, 0.29) is 42.8 Å². The van der Waals surface area contributed by atoms with E-state index in [1.54, 1.807) is 5.38 Å². The van der Waals surface area contributed by atoms with Crippen LogP contribution in [0.5, 0.6) is 0 Å². The van der Waals surface area contributed by atoms with Crippen molar-refractivity contribution >= 4 is 53.1 Å². The molecular weight excluding hydrogens is 405 g/mol. The number of amides is 1. The van der Waals surface area contributed by atoms with E-state index in [0.29, 0.717) is 18.7 Å². The first kappa shape index (κ1) is 23.4. The van der Waals surface area contributed by atoms with Crippen molar-refractivity contribution in [2.24, 2.45) is 5.73 Å². The van der Waals surface area contributed by atoms with Crippen molar-refractivity contribution in [1.82, 2.24) is 19.9 Å². The molecule has 2 heterocycles. The summed E-state index contributed by atoms with van der Waals surface area (Å²) in [6, 6.07) is 8.05. The molecule has 1 amide bonds. The normalized spacial score (nSPS) is 11.7. The Hall–Kier alpha value is -1.67. The second-order valence-electron chi connectivity index (χ2n) is 6.28. The molecule has 0 radical (unpaired) electrons. The Morgan fingerprint density at radius 3 is 2.59 bits per heavy atom. The van der Waals surface area contributed by atoms with Crippen molar-refractivity contribution < 1.29 is 4.79 Å². The van der Waals surface area contributed by atoms with Gasteiger partial charge in [-0.2, -0.15) is 0 Å². The maximum atomic E-state index is 12.5. The van der Waals surface area contributed by atoms with Gasteiger partial charge in [0.05, 0.1) is 22.1 Å². The minimum absolute atomic E-state index is 0. The van der Waals surface area contributed by atoms with Crippen LogP contribution in [0.3, 0.4) is 0 Å². The number of nitrogens with zero attached hydrogens (tertiary/aromatic N) is 3. The van der Waals surface area contributed by atoms with Crippen LogP contribution in [-0.2, 0) is 6.42 Å². The quantitative estimate of drug-likeness (QED) is 0.621. The Bertz CT molecular complexity index is 893. The van der Waals surface area contributed by atoms with Gasteiger partial charge >= 0.3 is 0 Å². The first-order valence-corrected chi connectivity index (χ1v) is 9.31. The molecule has 9 heteroatoms. The van der Waals surface area contributed by atoms with Gasteiger partial charge in [-0.3, -0.25) is 4.79 Å². The molecule has 1 aromatic carbocycles. The van der Waals surface area contributed by atoms with E-state index in [1.807, 2.05) is 25.1 Å². The van der Waals surface area contributed by atoms with Crippen molar-refractivity contribution in [1.29, 1.82) is 0 Å². The van der Waals surface area contributed by atoms with Gasteiger partial charge in [-0.1, -0.05) is 12.1 Å². The zero-order chi connectivity index (χ0) is 18.0. The van der Waals surface area contributed by atoms with Crippen LogP contribution in [0.25, 0.3) is 11.0 Å². The maximum absolute atomic E-state index is 12.5. The molecule has 0 aliphatic carbocycles. The number of rotatable bonds is 6. The number of nitrogens with two attached hydrogens (primary N) is 1. The summed E-state index contributed by atoms with van der Waals surface area (Å²) in [6.45, 7) is 6.71. The molecule has 3 N–H and O–H groups in total. The van der Waals surface area contributed by atoms with Gasteiger partial charge in [-0.25, -0.2) is 9.97 Å². The van der Waals surface area contributed by atoms with Gasteiger partial charge in [-0.15, -0.1) is 36.2 Å². The van der Waals surface area contributed by atoms with E-state index in [2.05, 4.69) is 34.8 Å². The second kappa shape index (κ2) is 10.0. The molecule has 1 atom stereocenters. The lowest BCUT2D eigenvalue weighted by atomic mass is 10.2. The Kier molecular flexibility index (Phi) is 8.68. The predicted molar refractivity (Wildman–Crippen MR) is 115 cm³/mol. The standard InChI is InChI=1S/C18H23N5OS.2ClH/c1-11(2)23-15-7-5-4-6-13(15)22-17(23)12(3)20-18(24)14-10-25-16(21-14)8-9-19;;/h4-7,10-12H,8-9,19H2,1-3H3,(H,20,24);2*1H. The first-order chi connectivity index (χ1) is 12.0. The minimum atomic E-state index is -0.220. The third kappa shape index (κ3) is 4.99. The maximum Gasteiger partial charge on any atom is 0.271 e. The lowest BCUT2D eigenvalue weighted by Gasteiger charge is -2.18. The monoisotopic (exact) mass is 429 g/mol. The van der Waals surface area contributed by atoms with Crippen LogP contribution < -0.4 is 11.1 Å². The zero-order valence-electron chi connectivity index (χ0n) is 15.5. The number of aromatic nitrogens is 3. The van der Waals surface area contributed by atoms with E-state index < -0.39 is 0 Å². The van der Waals surface area contributed by atoms with Crippen LogP contribution in [0.1, 0.15) is 54.2 Å². The molecular formula is C18H25Cl2N5OS. The first-order valence-electron chi connectivity index (χ1n) is 8.43. The van der Waals surface area contributed by atoms with Gasteiger partial charge in [0.25, 0.3) is 5.91 Å². The highest BCUT2D eigenvalue weighted by Gasteiger charge is 2.21. The largest absolute Gasteiger partial charge is 0.341 e. The fraction of sp³-hybridized carbons (Fsp3) is 0.389. The van der Waals surface area contributed by atoms with Crippen molar-refractivity contribution in [2.45, 2.75) is 39.3 Å². The molecule has 0 saturated carbocycles. The lowest BCUT2D eigenvalue weighted by Crippen LogP contribution is -2.29. The van der Waals surface area contributed by atoms with Crippen LogP contribution in [-0.4, -0.2) is 27.0 Å². The van der Waals surface area contributed by atoms with Gasteiger partial charge in [0.1, 0.15) is 11.5 Å². The Balaban J connectivity index is 0.00000182. The summed E-state index contributed by atoms with van der Waals surface area (Å²) < 4.78 is 2.17. The molecule has 0 aliphatic rings. The molecule has 27 heavy (non-hydrogen) atoms. The summed E-state index contributed by atoms with van der Waals surface area (Å²) in [5, 5.41) is 5.68. The van der Waals surface area contributed by atoms with Gasteiger partial charge in [0.15, 0.2) is 0 Å². The second-order valence-corrected chi connectivity index (χ2v) is 7.23. The summed E-state index contributed by atoms with van der Waals surface area (Å²) in [4.78, 5) is 21.6. The number of hydrogen-bond acceptors (Lipinski definition) is 5. The summed E-state index contributed by atoms with van der Waals surface area (Å²) in [5.74, 6) is 0.663. The van der Waals surface area contributed by atoms with E-state index in [1.165, 1.54) is 11.3 Å².